The van der Waals surface area contributed by atoms with Gasteiger partial charge in [-0.05, 0) is 49.7 Å². The highest BCUT2D eigenvalue weighted by molar-refractivity contribution is 6.01. The molecule has 3 atom stereocenters. The molecule has 5 nitrogen and oxygen atoms in total. The molecule has 2 aliphatic carbocycles. The summed E-state index contributed by atoms with van der Waals surface area (Å²) in [6.45, 7) is 1.72. The van der Waals surface area contributed by atoms with Gasteiger partial charge in [-0.3, -0.25) is 0 Å². The lowest BCUT2D eigenvalue weighted by molar-refractivity contribution is 0.0697. The van der Waals surface area contributed by atoms with Gasteiger partial charge >= 0.3 is 12.0 Å². The van der Waals surface area contributed by atoms with Crippen LogP contribution in [0.1, 0.15) is 41.6 Å². The molecule has 2 bridgehead atoms. The fraction of sp³-hybridized carbons (Fsp3) is 0.500. The van der Waals surface area contributed by atoms with Crippen LogP contribution in [0.15, 0.2) is 18.2 Å². The summed E-state index contributed by atoms with van der Waals surface area (Å²) in [6, 6.07) is 5.02. The molecule has 3 unspecified atom stereocenters. The fourth-order valence-corrected chi connectivity index (χ4v) is 3.80. The number of urea groups is 1. The third-order valence-electron chi connectivity index (χ3n) is 4.79. The molecule has 2 amide bonds. The van der Waals surface area contributed by atoms with E-state index in [2.05, 4.69) is 10.6 Å². The lowest BCUT2D eigenvalue weighted by Crippen LogP contribution is -2.41. The van der Waals surface area contributed by atoms with Crippen molar-refractivity contribution in [1.82, 2.24) is 5.32 Å². The topological polar surface area (TPSA) is 78.4 Å². The summed E-state index contributed by atoms with van der Waals surface area (Å²) in [5.41, 5.74) is 1.14. The summed E-state index contributed by atoms with van der Waals surface area (Å²) in [7, 11) is 0. The number of nitrogens with one attached hydrogen (secondary N) is 2. The monoisotopic (exact) mass is 288 g/mol. The average molecular weight is 288 g/mol. The number of aromatic carboxylic acids is 1. The van der Waals surface area contributed by atoms with Crippen LogP contribution in [0, 0.1) is 18.8 Å². The van der Waals surface area contributed by atoms with Crippen molar-refractivity contribution in [2.45, 2.75) is 38.6 Å². The van der Waals surface area contributed by atoms with Gasteiger partial charge in [-0.1, -0.05) is 18.6 Å². The molecule has 1 aromatic carbocycles. The molecular formula is C16H20N2O3. The minimum atomic E-state index is -1.02. The summed E-state index contributed by atoms with van der Waals surface area (Å²) in [6.07, 6.45) is 4.75. The van der Waals surface area contributed by atoms with E-state index in [1.165, 1.54) is 19.3 Å². The Hall–Kier alpha value is -2.04. The quantitative estimate of drug-likeness (QED) is 0.800. The third-order valence-corrected chi connectivity index (χ3v) is 4.79. The second-order valence-electron chi connectivity index (χ2n) is 6.18. The van der Waals surface area contributed by atoms with Crippen LogP contribution in [0.5, 0.6) is 0 Å². The van der Waals surface area contributed by atoms with Crippen molar-refractivity contribution in [3.05, 3.63) is 29.3 Å². The number of benzene rings is 1. The zero-order chi connectivity index (χ0) is 15.0. The number of amides is 2. The number of aryl methyl sites for hydroxylation is 1. The molecule has 0 aromatic heterocycles. The van der Waals surface area contributed by atoms with E-state index in [1.807, 2.05) is 0 Å². The van der Waals surface area contributed by atoms with Crippen LogP contribution in [0.3, 0.4) is 0 Å². The highest BCUT2D eigenvalue weighted by Gasteiger charge is 2.40. The Morgan fingerprint density at radius 3 is 2.67 bits per heavy atom. The number of carbonyl (C=O) groups excluding carboxylic acids is 1. The van der Waals surface area contributed by atoms with Crippen LogP contribution in [0.2, 0.25) is 0 Å². The molecule has 0 heterocycles. The molecule has 112 valence electrons. The maximum atomic E-state index is 12.1. The van der Waals surface area contributed by atoms with Crippen molar-refractivity contribution in [1.29, 1.82) is 0 Å². The first kappa shape index (κ1) is 13.9. The average Bonchev–Trinajstić information content (AvgIpc) is 3.00. The van der Waals surface area contributed by atoms with E-state index < -0.39 is 5.97 Å². The van der Waals surface area contributed by atoms with Gasteiger partial charge in [0.25, 0.3) is 0 Å². The maximum absolute atomic E-state index is 12.1. The van der Waals surface area contributed by atoms with Crippen LogP contribution in [0.4, 0.5) is 10.5 Å². The molecule has 21 heavy (non-hydrogen) atoms. The van der Waals surface area contributed by atoms with E-state index in [4.69, 9.17) is 0 Å². The Kier molecular flexibility index (Phi) is 3.57. The number of hydrogen-bond acceptors (Lipinski definition) is 2. The van der Waals surface area contributed by atoms with Gasteiger partial charge < -0.3 is 15.7 Å². The molecule has 0 saturated heterocycles. The van der Waals surface area contributed by atoms with Gasteiger partial charge in [0.1, 0.15) is 0 Å². The number of carbonyl (C=O) groups is 2. The molecule has 0 aliphatic heterocycles. The summed E-state index contributed by atoms with van der Waals surface area (Å²) in [5, 5.41) is 14.9. The lowest BCUT2D eigenvalue weighted by Gasteiger charge is -2.23. The van der Waals surface area contributed by atoms with Crippen LogP contribution in [0.25, 0.3) is 0 Å². The molecule has 3 rings (SSSR count). The Balaban J connectivity index is 1.68. The molecule has 2 saturated carbocycles. The molecular weight excluding hydrogens is 268 g/mol. The van der Waals surface area contributed by atoms with Crippen molar-refractivity contribution in [3.8, 4) is 0 Å². The molecule has 0 spiro atoms. The number of hydrogen-bond donors (Lipinski definition) is 3. The van der Waals surface area contributed by atoms with Gasteiger partial charge in [0.2, 0.25) is 0 Å². The minimum Gasteiger partial charge on any atom is -0.478 e. The highest BCUT2D eigenvalue weighted by atomic mass is 16.4. The number of carboxylic acid groups (broad SMARTS) is 1. The van der Waals surface area contributed by atoms with Crippen molar-refractivity contribution < 1.29 is 14.7 Å². The zero-order valence-corrected chi connectivity index (χ0v) is 12.1. The second-order valence-corrected chi connectivity index (χ2v) is 6.18. The summed E-state index contributed by atoms with van der Waals surface area (Å²) < 4.78 is 0. The first-order valence-corrected chi connectivity index (χ1v) is 7.45. The zero-order valence-electron chi connectivity index (χ0n) is 12.1. The second kappa shape index (κ2) is 5.39. The van der Waals surface area contributed by atoms with E-state index in [-0.39, 0.29) is 17.6 Å². The Bertz CT molecular complexity index is 585. The molecule has 5 heteroatoms. The Labute approximate surface area is 123 Å². The van der Waals surface area contributed by atoms with Gasteiger partial charge in [-0.15, -0.1) is 0 Å². The smallest absolute Gasteiger partial charge is 0.338 e. The van der Waals surface area contributed by atoms with Gasteiger partial charge in [-0.2, -0.15) is 0 Å². The minimum absolute atomic E-state index is 0.153. The molecule has 1 aromatic rings. The van der Waals surface area contributed by atoms with E-state index in [0.717, 1.165) is 12.3 Å². The number of rotatable bonds is 3. The Morgan fingerprint density at radius 2 is 2.05 bits per heavy atom. The van der Waals surface area contributed by atoms with Crippen LogP contribution < -0.4 is 10.6 Å². The normalized spacial score (nSPS) is 26.6. The van der Waals surface area contributed by atoms with Crippen LogP contribution in [-0.4, -0.2) is 23.1 Å². The summed E-state index contributed by atoms with van der Waals surface area (Å²) >= 11 is 0. The molecule has 2 fully saturated rings. The largest absolute Gasteiger partial charge is 0.478 e. The molecule has 3 N–H and O–H groups in total. The maximum Gasteiger partial charge on any atom is 0.338 e. The number of carboxylic acids is 1. The predicted molar refractivity (Wildman–Crippen MR) is 79.5 cm³/mol. The first-order valence-electron chi connectivity index (χ1n) is 7.45. The van der Waals surface area contributed by atoms with Crippen molar-refractivity contribution >= 4 is 17.7 Å². The van der Waals surface area contributed by atoms with Crippen molar-refractivity contribution in [3.63, 3.8) is 0 Å². The summed E-state index contributed by atoms with van der Waals surface area (Å²) in [5.74, 6) is 0.328. The SMILES string of the molecule is Cc1cccc(NC(=O)NC2CC3CCC2C3)c1C(=O)O. The highest BCUT2D eigenvalue weighted by Crippen LogP contribution is 2.44. The van der Waals surface area contributed by atoms with Crippen molar-refractivity contribution in [2.75, 3.05) is 5.32 Å². The third kappa shape index (κ3) is 2.73. The molecule has 2 aliphatic rings. The van der Waals surface area contributed by atoms with Gasteiger partial charge in [0.15, 0.2) is 0 Å². The number of anilines is 1. The Morgan fingerprint density at radius 1 is 1.24 bits per heavy atom. The summed E-state index contributed by atoms with van der Waals surface area (Å²) in [4.78, 5) is 23.4. The van der Waals surface area contributed by atoms with E-state index in [9.17, 15) is 14.7 Å². The van der Waals surface area contributed by atoms with E-state index in [0.29, 0.717) is 17.2 Å². The number of fused-ring (bicyclic) bond motifs is 2. The van der Waals surface area contributed by atoms with E-state index in [1.54, 1.807) is 25.1 Å². The van der Waals surface area contributed by atoms with E-state index >= 15 is 0 Å². The fourth-order valence-electron chi connectivity index (χ4n) is 3.80. The van der Waals surface area contributed by atoms with Crippen molar-refractivity contribution in [2.24, 2.45) is 11.8 Å². The standard InChI is InChI=1S/C16H20N2O3/c1-9-3-2-4-12(14(9)15(19)20)17-16(21)18-13-8-10-5-6-11(13)7-10/h2-4,10-11,13H,5-8H2,1H3,(H,19,20)(H2,17,18,21). The first-order chi connectivity index (χ1) is 10.0. The lowest BCUT2D eigenvalue weighted by atomic mass is 9.95. The van der Waals surface area contributed by atoms with Crippen LogP contribution in [-0.2, 0) is 0 Å². The van der Waals surface area contributed by atoms with Gasteiger partial charge in [0.05, 0.1) is 11.3 Å². The predicted octanol–water partition coefficient (Wildman–Crippen LogP) is 3.00. The van der Waals surface area contributed by atoms with Gasteiger partial charge in [-0.25, -0.2) is 9.59 Å². The van der Waals surface area contributed by atoms with Gasteiger partial charge in [0, 0.05) is 6.04 Å². The molecule has 0 radical (unpaired) electrons. The van der Waals surface area contributed by atoms with Crippen LogP contribution >= 0.6 is 0 Å².